The van der Waals surface area contributed by atoms with Crippen LogP contribution < -0.4 is 10.1 Å². The molecule has 4 heterocycles. The lowest BCUT2D eigenvalue weighted by Crippen LogP contribution is -2.40. The van der Waals surface area contributed by atoms with Gasteiger partial charge in [0.15, 0.2) is 5.82 Å². The van der Waals surface area contributed by atoms with Crippen molar-refractivity contribution in [1.29, 1.82) is 0 Å². The van der Waals surface area contributed by atoms with Gasteiger partial charge in [0, 0.05) is 49.5 Å². The van der Waals surface area contributed by atoms with E-state index in [9.17, 15) is 12.8 Å². The quantitative estimate of drug-likeness (QED) is 0.432. The summed E-state index contributed by atoms with van der Waals surface area (Å²) in [4.78, 5) is 12.9. The van der Waals surface area contributed by atoms with E-state index in [1.165, 1.54) is 23.5 Å². The second-order valence-corrected chi connectivity index (χ2v) is 9.90. The summed E-state index contributed by atoms with van der Waals surface area (Å²) in [6.07, 6.45) is 4.51. The zero-order chi connectivity index (χ0) is 24.6. The fraction of sp³-hybridized carbons (Fsp3) is 0.261. The topological polar surface area (TPSA) is 111 Å². The number of nitrogens with one attached hydrogen (secondary N) is 1. The van der Waals surface area contributed by atoms with Gasteiger partial charge in [0.2, 0.25) is 16.0 Å². The number of anilines is 2. The van der Waals surface area contributed by atoms with Crippen molar-refractivity contribution in [3.63, 3.8) is 0 Å². The lowest BCUT2D eigenvalue weighted by molar-refractivity contribution is 0.0730. The summed E-state index contributed by atoms with van der Waals surface area (Å²) >= 11 is 0. The summed E-state index contributed by atoms with van der Waals surface area (Å²) in [5.74, 6) is -0.190. The van der Waals surface area contributed by atoms with E-state index >= 15 is 0 Å². The summed E-state index contributed by atoms with van der Waals surface area (Å²) in [5, 5.41) is 3.85. The number of sulfonamides is 1. The first kappa shape index (κ1) is 23.1. The number of pyridine rings is 1. The minimum atomic E-state index is -3.69. The largest absolute Gasteiger partial charge is 0.495 e. The van der Waals surface area contributed by atoms with Crippen LogP contribution in [0.4, 0.5) is 16.0 Å². The number of methoxy groups -OCH3 is 1. The molecule has 0 unspecified atom stereocenters. The molecule has 0 spiro atoms. The number of halogens is 1. The summed E-state index contributed by atoms with van der Waals surface area (Å²) in [5.41, 5.74) is 1.80. The van der Waals surface area contributed by atoms with Crippen LogP contribution in [0.2, 0.25) is 0 Å². The van der Waals surface area contributed by atoms with E-state index in [0.29, 0.717) is 37.6 Å². The third-order valence-electron chi connectivity index (χ3n) is 5.75. The number of hydrogen-bond acceptors (Lipinski definition) is 8. The maximum Gasteiger partial charge on any atom is 0.243 e. The predicted octanol–water partition coefficient (Wildman–Crippen LogP) is 2.94. The first-order chi connectivity index (χ1) is 16.9. The number of nitrogens with zero attached hydrogens (tertiary/aromatic N) is 5. The van der Waals surface area contributed by atoms with E-state index in [1.807, 2.05) is 29.9 Å². The summed E-state index contributed by atoms with van der Waals surface area (Å²) in [7, 11) is -0.377. The Morgan fingerprint density at radius 3 is 2.69 bits per heavy atom. The fourth-order valence-electron chi connectivity index (χ4n) is 3.91. The van der Waals surface area contributed by atoms with Crippen LogP contribution >= 0.6 is 0 Å². The SMILES string of the molecule is COc1cc(S(=O)(=O)N2CCOCC2)ccc1Nc1ncc(F)c(-c2cnc3c(ccn3C)c2)n1. The molecule has 4 aromatic rings. The van der Waals surface area contributed by atoms with Crippen molar-refractivity contribution in [2.45, 2.75) is 4.90 Å². The van der Waals surface area contributed by atoms with Crippen LogP contribution in [0, 0.1) is 5.82 Å². The molecular weight excluding hydrogens is 475 g/mol. The van der Waals surface area contributed by atoms with E-state index in [-0.39, 0.29) is 22.3 Å². The Morgan fingerprint density at radius 2 is 1.91 bits per heavy atom. The Labute approximate surface area is 201 Å². The van der Waals surface area contributed by atoms with Gasteiger partial charge in [0.1, 0.15) is 17.1 Å². The molecule has 0 atom stereocenters. The van der Waals surface area contributed by atoms with Crippen LogP contribution in [-0.4, -0.2) is 65.7 Å². The van der Waals surface area contributed by atoms with Crippen LogP contribution in [-0.2, 0) is 21.8 Å². The molecule has 0 amide bonds. The number of aryl methyl sites for hydroxylation is 1. The average molecular weight is 499 g/mol. The Bertz CT molecular complexity index is 1500. The van der Waals surface area contributed by atoms with Crippen molar-refractivity contribution in [3.05, 3.63) is 54.7 Å². The molecule has 0 aliphatic carbocycles. The van der Waals surface area contributed by atoms with Gasteiger partial charge in [-0.1, -0.05) is 0 Å². The van der Waals surface area contributed by atoms with Crippen molar-refractivity contribution in [3.8, 4) is 17.0 Å². The van der Waals surface area contributed by atoms with Crippen LogP contribution in [0.3, 0.4) is 0 Å². The molecule has 1 aliphatic heterocycles. The third-order valence-corrected chi connectivity index (χ3v) is 7.65. The van der Waals surface area contributed by atoms with E-state index < -0.39 is 15.8 Å². The highest BCUT2D eigenvalue weighted by Gasteiger charge is 2.27. The van der Waals surface area contributed by atoms with E-state index in [2.05, 4.69) is 20.3 Å². The van der Waals surface area contributed by atoms with Gasteiger partial charge in [0.05, 0.1) is 37.1 Å². The number of hydrogen-bond donors (Lipinski definition) is 1. The normalized spacial score (nSPS) is 14.8. The lowest BCUT2D eigenvalue weighted by atomic mass is 10.1. The van der Waals surface area contributed by atoms with Crippen molar-refractivity contribution in [2.24, 2.45) is 7.05 Å². The van der Waals surface area contributed by atoms with Crippen molar-refractivity contribution in [2.75, 3.05) is 38.7 Å². The van der Waals surface area contributed by atoms with Crippen LogP contribution in [0.25, 0.3) is 22.3 Å². The predicted molar refractivity (Wildman–Crippen MR) is 128 cm³/mol. The Hall–Kier alpha value is -3.61. The second kappa shape index (κ2) is 9.21. The first-order valence-corrected chi connectivity index (χ1v) is 12.3. The minimum absolute atomic E-state index is 0.0891. The molecule has 1 saturated heterocycles. The Morgan fingerprint density at radius 1 is 1.11 bits per heavy atom. The van der Waals surface area contributed by atoms with Crippen LogP contribution in [0.5, 0.6) is 5.75 Å². The van der Waals surface area contributed by atoms with Gasteiger partial charge >= 0.3 is 0 Å². The van der Waals surface area contributed by atoms with Crippen molar-refractivity contribution >= 4 is 32.7 Å². The molecule has 12 heteroatoms. The molecule has 1 aromatic carbocycles. The number of benzene rings is 1. The maximum atomic E-state index is 14.6. The van der Waals surface area contributed by atoms with Gasteiger partial charge in [-0.25, -0.2) is 27.8 Å². The van der Waals surface area contributed by atoms with Gasteiger partial charge in [-0.3, -0.25) is 0 Å². The minimum Gasteiger partial charge on any atom is -0.495 e. The Balaban J connectivity index is 1.44. The van der Waals surface area contributed by atoms with E-state index in [0.717, 1.165) is 17.2 Å². The average Bonchev–Trinajstić information content (AvgIpc) is 3.25. The summed E-state index contributed by atoms with van der Waals surface area (Å²) in [6.45, 7) is 1.29. The molecule has 0 saturated carbocycles. The molecular formula is C23H23FN6O4S. The monoisotopic (exact) mass is 498 g/mol. The Kier molecular flexibility index (Phi) is 6.09. The summed E-state index contributed by atoms with van der Waals surface area (Å²) < 4.78 is 54.5. The maximum absolute atomic E-state index is 14.6. The molecule has 1 aliphatic rings. The summed E-state index contributed by atoms with van der Waals surface area (Å²) in [6, 6.07) is 8.18. The molecule has 5 rings (SSSR count). The standard InChI is InChI=1S/C23H23FN6O4S/c1-29-6-5-15-11-16(13-25-22(15)29)21-18(24)14-26-23(28-21)27-19-4-3-17(12-20(19)33-2)35(31,32)30-7-9-34-10-8-30/h3-6,11-14H,7-10H2,1-2H3,(H,26,27,28). The molecule has 1 fully saturated rings. The third kappa shape index (κ3) is 4.43. The van der Waals surface area contributed by atoms with Gasteiger partial charge in [-0.05, 0) is 24.3 Å². The van der Waals surface area contributed by atoms with Crippen molar-refractivity contribution < 1.29 is 22.3 Å². The number of ether oxygens (including phenoxy) is 2. The molecule has 10 nitrogen and oxygen atoms in total. The molecule has 35 heavy (non-hydrogen) atoms. The van der Waals surface area contributed by atoms with E-state index in [1.54, 1.807) is 12.3 Å². The van der Waals surface area contributed by atoms with Gasteiger partial charge in [0.25, 0.3) is 0 Å². The van der Waals surface area contributed by atoms with E-state index in [4.69, 9.17) is 9.47 Å². The highest BCUT2D eigenvalue weighted by Crippen LogP contribution is 2.32. The van der Waals surface area contributed by atoms with Crippen LogP contribution in [0.15, 0.2) is 53.8 Å². The molecule has 3 aromatic heterocycles. The van der Waals surface area contributed by atoms with Gasteiger partial charge in [-0.15, -0.1) is 0 Å². The second-order valence-electron chi connectivity index (χ2n) is 7.96. The highest BCUT2D eigenvalue weighted by atomic mass is 32.2. The number of rotatable bonds is 6. The number of fused-ring (bicyclic) bond motifs is 1. The zero-order valence-corrected chi connectivity index (χ0v) is 19.9. The van der Waals surface area contributed by atoms with Gasteiger partial charge < -0.3 is 19.4 Å². The van der Waals surface area contributed by atoms with Crippen LogP contribution in [0.1, 0.15) is 0 Å². The lowest BCUT2D eigenvalue weighted by Gasteiger charge is -2.26. The highest BCUT2D eigenvalue weighted by molar-refractivity contribution is 7.89. The smallest absolute Gasteiger partial charge is 0.243 e. The molecule has 0 radical (unpaired) electrons. The van der Waals surface area contributed by atoms with Crippen molar-refractivity contribution in [1.82, 2.24) is 23.8 Å². The fourth-order valence-corrected chi connectivity index (χ4v) is 5.33. The van der Waals surface area contributed by atoms with Gasteiger partial charge in [-0.2, -0.15) is 4.31 Å². The molecule has 0 bridgehead atoms. The zero-order valence-electron chi connectivity index (χ0n) is 19.1. The first-order valence-electron chi connectivity index (χ1n) is 10.8. The number of morpholine rings is 1. The molecule has 1 N–H and O–H groups in total. The number of aromatic nitrogens is 4. The molecule has 182 valence electrons.